The summed E-state index contributed by atoms with van der Waals surface area (Å²) in [6.07, 6.45) is 5.25. The van der Waals surface area contributed by atoms with Gasteiger partial charge in [-0.05, 0) is 91.3 Å². The molecular formula is C45H32N2. The summed E-state index contributed by atoms with van der Waals surface area (Å²) >= 11 is 0. The molecule has 0 saturated heterocycles. The van der Waals surface area contributed by atoms with Crippen molar-refractivity contribution in [2.75, 3.05) is 4.90 Å². The molecule has 0 amide bonds. The van der Waals surface area contributed by atoms with E-state index in [1.807, 2.05) is 12.3 Å². The molecule has 222 valence electrons. The van der Waals surface area contributed by atoms with Crippen molar-refractivity contribution in [1.29, 1.82) is 0 Å². The fraction of sp³-hybridized carbons (Fsp3) is 0.0444. The van der Waals surface area contributed by atoms with E-state index >= 15 is 0 Å². The highest BCUT2D eigenvalue weighted by atomic mass is 15.2. The van der Waals surface area contributed by atoms with E-state index in [1.165, 1.54) is 71.5 Å². The highest BCUT2D eigenvalue weighted by Gasteiger charge is 2.30. The third kappa shape index (κ3) is 4.69. The van der Waals surface area contributed by atoms with Gasteiger partial charge >= 0.3 is 0 Å². The number of rotatable bonds is 5. The van der Waals surface area contributed by atoms with Gasteiger partial charge in [0.2, 0.25) is 0 Å². The van der Waals surface area contributed by atoms with E-state index in [-0.39, 0.29) is 6.04 Å². The molecule has 0 radical (unpaired) electrons. The highest BCUT2D eigenvalue weighted by Crippen LogP contribution is 2.48. The first kappa shape index (κ1) is 27.3. The van der Waals surface area contributed by atoms with Crippen LogP contribution in [0.4, 0.5) is 5.69 Å². The zero-order valence-corrected chi connectivity index (χ0v) is 25.9. The van der Waals surface area contributed by atoms with Gasteiger partial charge in [0.25, 0.3) is 0 Å². The molecule has 2 heterocycles. The summed E-state index contributed by atoms with van der Waals surface area (Å²) in [6, 6.07) is 59.5. The lowest BCUT2D eigenvalue weighted by Crippen LogP contribution is -2.22. The molecule has 1 aromatic heterocycles. The van der Waals surface area contributed by atoms with Crippen LogP contribution in [0.2, 0.25) is 0 Å². The summed E-state index contributed by atoms with van der Waals surface area (Å²) < 4.78 is 0. The Morgan fingerprint density at radius 3 is 1.96 bits per heavy atom. The van der Waals surface area contributed by atoms with Crippen molar-refractivity contribution < 1.29 is 0 Å². The molecule has 9 rings (SSSR count). The fourth-order valence-corrected chi connectivity index (χ4v) is 7.50. The van der Waals surface area contributed by atoms with Crippen molar-refractivity contribution in [3.8, 4) is 22.4 Å². The maximum atomic E-state index is 4.88. The van der Waals surface area contributed by atoms with Crippen LogP contribution in [0.1, 0.15) is 23.6 Å². The summed E-state index contributed by atoms with van der Waals surface area (Å²) in [5, 5.41) is 7.36. The Bertz CT molecular complexity index is 2430. The molecule has 0 spiro atoms. The average Bonchev–Trinajstić information content (AvgIpc) is 3.60. The minimum Gasteiger partial charge on any atom is -0.333 e. The molecule has 1 aliphatic rings. The number of hydrogen-bond donors (Lipinski definition) is 0. The summed E-state index contributed by atoms with van der Waals surface area (Å²) in [5.41, 5.74) is 9.61. The molecule has 1 unspecified atom stereocenters. The van der Waals surface area contributed by atoms with E-state index in [2.05, 4.69) is 169 Å². The largest absolute Gasteiger partial charge is 0.333 e. The number of anilines is 1. The van der Waals surface area contributed by atoms with Crippen LogP contribution < -0.4 is 4.90 Å². The highest BCUT2D eigenvalue weighted by molar-refractivity contribution is 6.22. The lowest BCUT2D eigenvalue weighted by molar-refractivity contribution is 0.749. The molecule has 2 nitrogen and oxygen atoms in total. The predicted molar refractivity (Wildman–Crippen MR) is 198 cm³/mol. The first-order valence-corrected chi connectivity index (χ1v) is 16.3. The molecule has 8 aromatic rings. The average molecular weight is 601 g/mol. The zero-order valence-electron chi connectivity index (χ0n) is 25.9. The summed E-state index contributed by atoms with van der Waals surface area (Å²) in [7, 11) is 0. The predicted octanol–water partition coefficient (Wildman–Crippen LogP) is 11.9. The second kappa shape index (κ2) is 11.4. The standard InChI is InChI=1S/C45H32N2/c1-3-14-32(15-4-1)42-26-27-43(33-16-5-2-6-17-33)47(42)36-24-25-39-40(30-36)44(35-23-22-31-13-7-8-18-34(31)29-35)37-19-9-10-20-38(37)45(39)41-21-11-12-28-46-41/h1-26,28-30,43H,27H2. The SMILES string of the molecule is C1=C(c2ccccc2)N(c2ccc3c(-c4ccccn4)c4ccccc4c(-c4ccc5ccccc5c4)c3c2)C(c2ccccc2)C1. The molecule has 1 atom stereocenters. The smallest absolute Gasteiger partial charge is 0.0714 e. The number of aromatic nitrogens is 1. The van der Waals surface area contributed by atoms with E-state index in [0.29, 0.717) is 0 Å². The molecule has 0 aliphatic carbocycles. The maximum Gasteiger partial charge on any atom is 0.0714 e. The van der Waals surface area contributed by atoms with Gasteiger partial charge in [0.1, 0.15) is 0 Å². The Balaban J connectivity index is 1.35. The van der Waals surface area contributed by atoms with Gasteiger partial charge < -0.3 is 4.90 Å². The maximum absolute atomic E-state index is 4.88. The molecule has 0 bridgehead atoms. The van der Waals surface area contributed by atoms with Crippen LogP contribution in [-0.4, -0.2) is 4.98 Å². The molecular weight excluding hydrogens is 569 g/mol. The molecule has 0 N–H and O–H groups in total. The fourth-order valence-electron chi connectivity index (χ4n) is 7.50. The second-order valence-corrected chi connectivity index (χ2v) is 12.3. The van der Waals surface area contributed by atoms with Crippen LogP contribution in [0.25, 0.3) is 60.4 Å². The van der Waals surface area contributed by atoms with Crippen molar-refractivity contribution >= 4 is 43.7 Å². The van der Waals surface area contributed by atoms with Crippen LogP contribution in [0.3, 0.4) is 0 Å². The van der Waals surface area contributed by atoms with Gasteiger partial charge in [-0.15, -0.1) is 0 Å². The van der Waals surface area contributed by atoms with Crippen LogP contribution in [0, 0.1) is 0 Å². The van der Waals surface area contributed by atoms with Gasteiger partial charge in [0, 0.05) is 23.1 Å². The molecule has 7 aromatic carbocycles. The summed E-state index contributed by atoms with van der Waals surface area (Å²) in [4.78, 5) is 7.42. The summed E-state index contributed by atoms with van der Waals surface area (Å²) in [6.45, 7) is 0. The normalized spacial score (nSPS) is 14.6. The topological polar surface area (TPSA) is 16.1 Å². The Kier molecular flexibility index (Phi) is 6.64. The second-order valence-electron chi connectivity index (χ2n) is 12.3. The van der Waals surface area contributed by atoms with Gasteiger partial charge in [-0.2, -0.15) is 0 Å². The van der Waals surface area contributed by atoms with Gasteiger partial charge in [0.05, 0.1) is 11.7 Å². The lowest BCUT2D eigenvalue weighted by atomic mass is 9.86. The number of fused-ring (bicyclic) bond motifs is 3. The van der Waals surface area contributed by atoms with E-state index in [0.717, 1.165) is 12.1 Å². The van der Waals surface area contributed by atoms with Gasteiger partial charge in [-0.1, -0.05) is 140 Å². The molecule has 2 heteroatoms. The first-order chi connectivity index (χ1) is 23.3. The van der Waals surface area contributed by atoms with Crippen molar-refractivity contribution in [2.24, 2.45) is 0 Å². The van der Waals surface area contributed by atoms with Crippen molar-refractivity contribution in [1.82, 2.24) is 4.98 Å². The Hall–Kier alpha value is -5.99. The minimum absolute atomic E-state index is 0.198. The third-order valence-corrected chi connectivity index (χ3v) is 9.60. The van der Waals surface area contributed by atoms with Crippen LogP contribution in [0.5, 0.6) is 0 Å². The number of hydrogen-bond acceptors (Lipinski definition) is 2. The van der Waals surface area contributed by atoms with Crippen molar-refractivity contribution in [3.05, 3.63) is 187 Å². The van der Waals surface area contributed by atoms with E-state index in [1.54, 1.807) is 0 Å². The van der Waals surface area contributed by atoms with Crippen molar-refractivity contribution in [2.45, 2.75) is 12.5 Å². The molecule has 0 saturated carbocycles. The number of benzene rings is 7. The zero-order chi connectivity index (χ0) is 31.2. The number of nitrogens with zero attached hydrogens (tertiary/aromatic N) is 2. The van der Waals surface area contributed by atoms with E-state index < -0.39 is 0 Å². The number of pyridine rings is 1. The Morgan fingerprint density at radius 2 is 1.17 bits per heavy atom. The van der Waals surface area contributed by atoms with Crippen LogP contribution in [-0.2, 0) is 0 Å². The lowest BCUT2D eigenvalue weighted by Gasteiger charge is -2.31. The third-order valence-electron chi connectivity index (χ3n) is 9.60. The van der Waals surface area contributed by atoms with E-state index in [9.17, 15) is 0 Å². The Morgan fingerprint density at radius 1 is 0.489 bits per heavy atom. The van der Waals surface area contributed by atoms with Crippen molar-refractivity contribution in [3.63, 3.8) is 0 Å². The summed E-state index contributed by atoms with van der Waals surface area (Å²) in [5.74, 6) is 0. The minimum atomic E-state index is 0.198. The monoisotopic (exact) mass is 600 g/mol. The quantitative estimate of drug-likeness (QED) is 0.183. The van der Waals surface area contributed by atoms with Crippen LogP contribution in [0.15, 0.2) is 176 Å². The van der Waals surface area contributed by atoms with Crippen LogP contribution >= 0.6 is 0 Å². The van der Waals surface area contributed by atoms with Gasteiger partial charge in [0.15, 0.2) is 0 Å². The van der Waals surface area contributed by atoms with E-state index in [4.69, 9.17) is 4.98 Å². The Labute approximate surface area is 274 Å². The molecule has 0 fully saturated rings. The van der Waals surface area contributed by atoms with Gasteiger partial charge in [-0.3, -0.25) is 4.98 Å². The molecule has 47 heavy (non-hydrogen) atoms. The van der Waals surface area contributed by atoms with Gasteiger partial charge in [-0.25, -0.2) is 0 Å². The first-order valence-electron chi connectivity index (χ1n) is 16.3. The molecule has 1 aliphatic heterocycles.